The maximum absolute atomic E-state index is 12.8. The lowest BCUT2D eigenvalue weighted by atomic mass is 9.92. The van der Waals surface area contributed by atoms with Gasteiger partial charge in [0.2, 0.25) is 0 Å². The van der Waals surface area contributed by atoms with Gasteiger partial charge >= 0.3 is 0 Å². The van der Waals surface area contributed by atoms with Crippen LogP contribution in [0, 0.1) is 12.8 Å². The highest BCUT2D eigenvalue weighted by Gasteiger charge is 2.20. The number of hydrogen-bond donors (Lipinski definition) is 1. The molecule has 26 heavy (non-hydrogen) atoms. The molecule has 3 rings (SSSR count). The number of hydrogen-bond acceptors (Lipinski definition) is 4. The summed E-state index contributed by atoms with van der Waals surface area (Å²) in [6, 6.07) is 12.1. The number of ketones is 1. The second-order valence-corrected chi connectivity index (χ2v) is 8.39. The normalized spacial score (nSPS) is 12.3. The van der Waals surface area contributed by atoms with Crippen LogP contribution in [0.2, 0.25) is 0 Å². The molecule has 0 fully saturated rings. The molecule has 6 heteroatoms. The highest BCUT2D eigenvalue weighted by Crippen LogP contribution is 2.37. The van der Waals surface area contributed by atoms with Crippen molar-refractivity contribution in [2.24, 2.45) is 18.7 Å². The van der Waals surface area contributed by atoms with E-state index in [0.717, 1.165) is 26.3 Å². The molecule has 0 spiro atoms. The zero-order chi connectivity index (χ0) is 18.7. The lowest BCUT2D eigenvalue weighted by molar-refractivity contribution is 0.0966. The fraction of sp³-hybridized carbons (Fsp3) is 0.300. The Kier molecular flexibility index (Phi) is 6.06. The summed E-state index contributed by atoms with van der Waals surface area (Å²) in [6.07, 6.45) is 3.05. The summed E-state index contributed by atoms with van der Waals surface area (Å²) in [7, 11) is 1.90. The van der Waals surface area contributed by atoms with E-state index in [4.69, 9.17) is 5.73 Å². The van der Waals surface area contributed by atoms with E-state index in [9.17, 15) is 4.79 Å². The lowest BCUT2D eigenvalue weighted by Gasteiger charge is -2.15. The standard InChI is InChI=1S/C20H22BrN3OS/c1-13-5-3-4-6-15(13)9-14(12-22)10-18(25)19-11-16(21)20(26-19)17-7-8-23-24(17)2/h3-8,11,14H,9-10,12,22H2,1-2H3/t14-/m1/s1. The first-order chi connectivity index (χ1) is 12.5. The molecule has 2 heterocycles. The van der Waals surface area contributed by atoms with Crippen LogP contribution in [0.3, 0.4) is 0 Å². The van der Waals surface area contributed by atoms with E-state index in [0.29, 0.717) is 13.0 Å². The minimum atomic E-state index is 0.143. The molecule has 2 N–H and O–H groups in total. The molecule has 0 amide bonds. The SMILES string of the molecule is Cc1ccccc1C[C@@H](CN)CC(=O)c1cc(Br)c(-c2ccnn2C)s1. The Morgan fingerprint density at radius 3 is 2.77 bits per heavy atom. The second-order valence-electron chi connectivity index (χ2n) is 6.49. The van der Waals surface area contributed by atoms with Crippen molar-refractivity contribution in [1.29, 1.82) is 0 Å². The molecule has 0 unspecified atom stereocenters. The summed E-state index contributed by atoms with van der Waals surface area (Å²) < 4.78 is 2.74. The Morgan fingerprint density at radius 1 is 1.35 bits per heavy atom. The molecule has 0 saturated heterocycles. The van der Waals surface area contributed by atoms with Gasteiger partial charge in [-0.05, 0) is 65.0 Å². The van der Waals surface area contributed by atoms with E-state index in [2.05, 4.69) is 40.1 Å². The van der Waals surface area contributed by atoms with Gasteiger partial charge in [0.15, 0.2) is 5.78 Å². The Hall–Kier alpha value is -1.76. The summed E-state index contributed by atoms with van der Waals surface area (Å²) in [5.74, 6) is 0.290. The molecule has 2 aromatic heterocycles. The fourth-order valence-electron chi connectivity index (χ4n) is 3.03. The van der Waals surface area contributed by atoms with Crippen LogP contribution in [0.1, 0.15) is 27.2 Å². The number of nitrogens with zero attached hydrogens (tertiary/aromatic N) is 2. The first-order valence-electron chi connectivity index (χ1n) is 8.55. The van der Waals surface area contributed by atoms with Crippen molar-refractivity contribution < 1.29 is 4.79 Å². The van der Waals surface area contributed by atoms with Gasteiger partial charge in [-0.25, -0.2) is 0 Å². The number of benzene rings is 1. The van der Waals surface area contributed by atoms with Gasteiger partial charge in [0.25, 0.3) is 0 Å². The minimum absolute atomic E-state index is 0.143. The predicted molar refractivity (Wildman–Crippen MR) is 111 cm³/mol. The third-order valence-electron chi connectivity index (χ3n) is 4.59. The molecule has 0 radical (unpaired) electrons. The molecule has 0 aliphatic heterocycles. The molecular formula is C20H22BrN3OS. The van der Waals surface area contributed by atoms with Crippen LogP contribution >= 0.6 is 27.3 Å². The number of Topliss-reactive ketones (excluding diaryl/α,β-unsaturated/α-hetero) is 1. The summed E-state index contributed by atoms with van der Waals surface area (Å²) in [4.78, 5) is 14.6. The minimum Gasteiger partial charge on any atom is -0.330 e. The van der Waals surface area contributed by atoms with Crippen molar-refractivity contribution in [2.75, 3.05) is 6.54 Å². The topological polar surface area (TPSA) is 60.9 Å². The average molecular weight is 432 g/mol. The Bertz CT molecular complexity index is 915. The first-order valence-corrected chi connectivity index (χ1v) is 10.2. The number of aryl methyl sites for hydroxylation is 2. The quantitative estimate of drug-likeness (QED) is 0.555. The molecule has 136 valence electrons. The lowest BCUT2D eigenvalue weighted by Crippen LogP contribution is -2.20. The van der Waals surface area contributed by atoms with E-state index in [-0.39, 0.29) is 11.7 Å². The van der Waals surface area contributed by atoms with Gasteiger partial charge in [0.1, 0.15) is 0 Å². The van der Waals surface area contributed by atoms with Gasteiger partial charge in [-0.15, -0.1) is 11.3 Å². The summed E-state index contributed by atoms with van der Waals surface area (Å²) in [5.41, 5.74) is 9.46. The van der Waals surface area contributed by atoms with Gasteiger partial charge in [-0.1, -0.05) is 24.3 Å². The fourth-order valence-corrected chi connectivity index (χ4v) is 4.91. The van der Waals surface area contributed by atoms with Crippen LogP contribution in [-0.4, -0.2) is 22.1 Å². The zero-order valence-corrected chi connectivity index (χ0v) is 17.3. The van der Waals surface area contributed by atoms with E-state index in [1.54, 1.807) is 6.20 Å². The molecule has 0 saturated carbocycles. The van der Waals surface area contributed by atoms with Crippen molar-refractivity contribution in [1.82, 2.24) is 9.78 Å². The van der Waals surface area contributed by atoms with Gasteiger partial charge in [0, 0.05) is 24.1 Å². The van der Waals surface area contributed by atoms with Crippen LogP contribution in [0.15, 0.2) is 47.1 Å². The predicted octanol–water partition coefficient (Wildman–Crippen LogP) is 4.61. The molecule has 0 aliphatic rings. The van der Waals surface area contributed by atoms with Gasteiger partial charge in [-0.2, -0.15) is 5.10 Å². The zero-order valence-electron chi connectivity index (χ0n) is 14.9. The molecule has 1 aromatic carbocycles. The molecule has 0 bridgehead atoms. The van der Waals surface area contributed by atoms with Crippen molar-refractivity contribution in [3.63, 3.8) is 0 Å². The molecule has 3 aromatic rings. The highest BCUT2D eigenvalue weighted by atomic mass is 79.9. The molecular weight excluding hydrogens is 410 g/mol. The molecule has 0 aliphatic carbocycles. The third kappa shape index (κ3) is 4.14. The molecule has 4 nitrogen and oxygen atoms in total. The third-order valence-corrected chi connectivity index (χ3v) is 6.68. The van der Waals surface area contributed by atoms with Crippen LogP contribution in [-0.2, 0) is 13.5 Å². The van der Waals surface area contributed by atoms with E-state index >= 15 is 0 Å². The van der Waals surface area contributed by atoms with E-state index in [1.165, 1.54) is 22.5 Å². The van der Waals surface area contributed by atoms with E-state index < -0.39 is 0 Å². The number of rotatable bonds is 7. The monoisotopic (exact) mass is 431 g/mol. The number of nitrogens with two attached hydrogens (primary N) is 1. The Labute approximate surface area is 166 Å². The average Bonchev–Trinajstić information content (AvgIpc) is 3.21. The van der Waals surface area contributed by atoms with Gasteiger partial charge in [0.05, 0.1) is 15.4 Å². The van der Waals surface area contributed by atoms with Crippen LogP contribution in [0.25, 0.3) is 10.6 Å². The number of thiophene rings is 1. The number of carbonyl (C=O) groups is 1. The van der Waals surface area contributed by atoms with Crippen molar-refractivity contribution >= 4 is 33.0 Å². The Balaban J connectivity index is 1.75. The van der Waals surface area contributed by atoms with Gasteiger partial charge < -0.3 is 5.73 Å². The van der Waals surface area contributed by atoms with Gasteiger partial charge in [-0.3, -0.25) is 9.48 Å². The first kappa shape index (κ1) is 19.0. The van der Waals surface area contributed by atoms with Crippen molar-refractivity contribution in [2.45, 2.75) is 19.8 Å². The summed E-state index contributed by atoms with van der Waals surface area (Å²) in [5, 5.41) is 4.21. The van der Waals surface area contributed by atoms with Crippen LogP contribution in [0.5, 0.6) is 0 Å². The van der Waals surface area contributed by atoms with Crippen molar-refractivity contribution in [3.05, 3.63) is 63.1 Å². The largest absolute Gasteiger partial charge is 0.330 e. The summed E-state index contributed by atoms with van der Waals surface area (Å²) in [6.45, 7) is 2.60. The second kappa shape index (κ2) is 8.29. The molecule has 1 atom stereocenters. The number of aromatic nitrogens is 2. The van der Waals surface area contributed by atoms with Crippen molar-refractivity contribution in [3.8, 4) is 10.6 Å². The number of carbonyl (C=O) groups excluding carboxylic acids is 1. The Morgan fingerprint density at radius 2 is 2.12 bits per heavy atom. The maximum atomic E-state index is 12.8. The number of halogens is 1. The maximum Gasteiger partial charge on any atom is 0.173 e. The summed E-state index contributed by atoms with van der Waals surface area (Å²) >= 11 is 5.08. The highest BCUT2D eigenvalue weighted by molar-refractivity contribution is 9.10. The smallest absolute Gasteiger partial charge is 0.173 e. The van der Waals surface area contributed by atoms with E-state index in [1.807, 2.05) is 36.0 Å². The van der Waals surface area contributed by atoms with Crippen LogP contribution < -0.4 is 5.73 Å². The van der Waals surface area contributed by atoms with Crippen LogP contribution in [0.4, 0.5) is 0 Å².